The molecule has 1 aliphatic carbocycles. The number of hydrogen-bond donors (Lipinski definition) is 0. The summed E-state index contributed by atoms with van der Waals surface area (Å²) >= 11 is 0. The number of nitrogens with zero attached hydrogens (tertiary/aromatic N) is 1. The Morgan fingerprint density at radius 3 is 2.30 bits per heavy atom. The summed E-state index contributed by atoms with van der Waals surface area (Å²) in [5, 5.41) is 0. The van der Waals surface area contributed by atoms with E-state index < -0.39 is 0 Å². The van der Waals surface area contributed by atoms with Crippen molar-refractivity contribution in [3.05, 3.63) is 76.7 Å². The summed E-state index contributed by atoms with van der Waals surface area (Å²) in [4.78, 5) is 2.40. The number of hydrogen-bond acceptors (Lipinski definition) is 1. The van der Waals surface area contributed by atoms with Crippen LogP contribution in [0.4, 0.5) is 11.4 Å². The van der Waals surface area contributed by atoms with Gasteiger partial charge in [0.05, 0.1) is 5.70 Å². The van der Waals surface area contributed by atoms with E-state index >= 15 is 0 Å². The molecule has 0 radical (unpaired) electrons. The lowest BCUT2D eigenvalue weighted by Crippen LogP contribution is -2.16. The normalized spacial score (nSPS) is 15.3. The lowest BCUT2D eigenvalue weighted by Gasteiger charge is -2.27. The smallest absolute Gasteiger partial charge is 0.0658 e. The molecule has 1 nitrogen and oxygen atoms in total. The molecular weight excluding hydrogens is 326 g/mol. The number of rotatable bonds is 5. The zero-order valence-electron chi connectivity index (χ0n) is 17.8. The summed E-state index contributed by atoms with van der Waals surface area (Å²) in [5.74, 6) is 0.616. The fourth-order valence-electron chi connectivity index (χ4n) is 3.69. The molecule has 0 bridgehead atoms. The molecule has 1 atom stereocenters. The average molecular weight is 360 g/mol. The SMILES string of the molecule is CCC(C)C1=C=C(N(c2ccc(C(C)(C)C)cc2)c2cccc(C)c2)CC1. The predicted molar refractivity (Wildman–Crippen MR) is 118 cm³/mol. The number of benzene rings is 2. The van der Waals surface area contributed by atoms with Crippen LogP contribution >= 0.6 is 0 Å². The van der Waals surface area contributed by atoms with Crippen molar-refractivity contribution < 1.29 is 0 Å². The minimum atomic E-state index is 0.170. The Labute approximate surface area is 165 Å². The highest BCUT2D eigenvalue weighted by molar-refractivity contribution is 5.69. The number of anilines is 2. The predicted octanol–water partition coefficient (Wildman–Crippen LogP) is 7.68. The Hall–Kier alpha value is -2.24. The number of aryl methyl sites for hydroxylation is 1. The van der Waals surface area contributed by atoms with E-state index in [1.54, 1.807) is 0 Å². The summed E-state index contributed by atoms with van der Waals surface area (Å²) in [6, 6.07) is 17.9. The van der Waals surface area contributed by atoms with Gasteiger partial charge in [0.2, 0.25) is 0 Å². The van der Waals surface area contributed by atoms with E-state index in [0.717, 1.165) is 12.8 Å². The van der Waals surface area contributed by atoms with Gasteiger partial charge in [0.1, 0.15) is 0 Å². The summed E-state index contributed by atoms with van der Waals surface area (Å²) in [5.41, 5.74) is 11.8. The highest BCUT2D eigenvalue weighted by atomic mass is 15.1. The van der Waals surface area contributed by atoms with E-state index in [0.29, 0.717) is 5.92 Å². The van der Waals surface area contributed by atoms with Crippen molar-refractivity contribution in [2.45, 2.75) is 66.2 Å². The first-order valence-corrected chi connectivity index (χ1v) is 10.3. The molecule has 0 aromatic heterocycles. The first-order chi connectivity index (χ1) is 12.8. The first kappa shape index (κ1) is 19.5. The molecule has 0 N–H and O–H groups in total. The molecule has 1 aliphatic rings. The third-order valence-corrected chi connectivity index (χ3v) is 5.66. The van der Waals surface area contributed by atoms with Crippen molar-refractivity contribution in [3.63, 3.8) is 0 Å². The molecule has 142 valence electrons. The maximum Gasteiger partial charge on any atom is 0.0658 e. The molecule has 2 aromatic carbocycles. The molecule has 1 heteroatoms. The van der Waals surface area contributed by atoms with E-state index in [2.05, 4.69) is 101 Å². The van der Waals surface area contributed by atoms with Crippen LogP contribution in [0.1, 0.15) is 65.0 Å². The second kappa shape index (κ2) is 7.79. The molecule has 2 aromatic rings. The van der Waals surface area contributed by atoms with Crippen LogP contribution in [-0.4, -0.2) is 0 Å². The van der Waals surface area contributed by atoms with Crippen LogP contribution in [0.25, 0.3) is 0 Å². The van der Waals surface area contributed by atoms with Crippen molar-refractivity contribution in [2.24, 2.45) is 5.92 Å². The van der Waals surface area contributed by atoms with Gasteiger partial charge in [-0.15, -0.1) is 0 Å². The Balaban J connectivity index is 2.08. The van der Waals surface area contributed by atoms with E-state index in [1.165, 1.54) is 40.2 Å². The zero-order chi connectivity index (χ0) is 19.6. The van der Waals surface area contributed by atoms with E-state index in [9.17, 15) is 0 Å². The summed E-state index contributed by atoms with van der Waals surface area (Å²) in [6.07, 6.45) is 3.38. The van der Waals surface area contributed by atoms with Crippen LogP contribution in [-0.2, 0) is 5.41 Å². The third-order valence-electron chi connectivity index (χ3n) is 5.66. The van der Waals surface area contributed by atoms with Crippen LogP contribution in [0.3, 0.4) is 0 Å². The van der Waals surface area contributed by atoms with Gasteiger partial charge in [-0.25, -0.2) is 0 Å². The maximum atomic E-state index is 3.76. The van der Waals surface area contributed by atoms with Gasteiger partial charge < -0.3 is 4.90 Å². The van der Waals surface area contributed by atoms with E-state index in [1.807, 2.05) is 0 Å². The van der Waals surface area contributed by atoms with E-state index in [-0.39, 0.29) is 5.41 Å². The summed E-state index contributed by atoms with van der Waals surface area (Å²) < 4.78 is 0. The lowest BCUT2D eigenvalue weighted by molar-refractivity contribution is 0.590. The van der Waals surface area contributed by atoms with Gasteiger partial charge in [0, 0.05) is 11.4 Å². The van der Waals surface area contributed by atoms with Crippen molar-refractivity contribution in [2.75, 3.05) is 4.90 Å². The topological polar surface area (TPSA) is 3.24 Å². The highest BCUT2D eigenvalue weighted by Crippen LogP contribution is 2.37. The molecule has 3 rings (SSSR count). The second-order valence-electron chi connectivity index (χ2n) is 8.88. The molecule has 0 fully saturated rings. The van der Waals surface area contributed by atoms with Crippen molar-refractivity contribution in [1.29, 1.82) is 0 Å². The van der Waals surface area contributed by atoms with Gasteiger partial charge in [-0.3, -0.25) is 0 Å². The van der Waals surface area contributed by atoms with Crippen LogP contribution in [0, 0.1) is 12.8 Å². The molecule has 0 saturated heterocycles. The fraction of sp³-hybridized carbons (Fsp3) is 0.423. The number of allylic oxidation sites excluding steroid dienone is 1. The first-order valence-electron chi connectivity index (χ1n) is 10.3. The summed E-state index contributed by atoms with van der Waals surface area (Å²) in [7, 11) is 0. The molecule has 0 spiro atoms. The minimum Gasteiger partial charge on any atom is -0.307 e. The molecule has 0 aliphatic heterocycles. The standard InChI is InChI=1S/C26H33N/c1-7-20(3)21-11-14-25(18-21)27(24-10-8-9-19(2)17-24)23-15-12-22(13-16-23)26(4,5)6/h8-10,12-13,15-17,20H,7,11,14H2,1-6H3. The van der Waals surface area contributed by atoms with Crippen LogP contribution < -0.4 is 4.90 Å². The van der Waals surface area contributed by atoms with Crippen LogP contribution in [0.5, 0.6) is 0 Å². The van der Waals surface area contributed by atoms with Crippen LogP contribution in [0.15, 0.2) is 65.5 Å². The fourth-order valence-corrected chi connectivity index (χ4v) is 3.69. The van der Waals surface area contributed by atoms with Gasteiger partial charge in [0.25, 0.3) is 0 Å². The molecule has 0 heterocycles. The highest BCUT2D eigenvalue weighted by Gasteiger charge is 2.21. The minimum absolute atomic E-state index is 0.170. The van der Waals surface area contributed by atoms with Gasteiger partial charge in [-0.05, 0) is 78.5 Å². The van der Waals surface area contributed by atoms with Crippen LogP contribution in [0.2, 0.25) is 0 Å². The largest absolute Gasteiger partial charge is 0.307 e. The Morgan fingerprint density at radius 2 is 1.70 bits per heavy atom. The summed E-state index contributed by atoms with van der Waals surface area (Å²) in [6.45, 7) is 13.5. The second-order valence-corrected chi connectivity index (χ2v) is 8.88. The molecule has 0 amide bonds. The van der Waals surface area contributed by atoms with Crippen molar-refractivity contribution in [1.82, 2.24) is 0 Å². The molecular formula is C26H33N. The molecule has 1 unspecified atom stereocenters. The quantitative estimate of drug-likeness (QED) is 0.495. The van der Waals surface area contributed by atoms with Gasteiger partial charge >= 0.3 is 0 Å². The van der Waals surface area contributed by atoms with Gasteiger partial charge in [0.15, 0.2) is 0 Å². The Morgan fingerprint density at radius 1 is 1.00 bits per heavy atom. The molecule has 27 heavy (non-hydrogen) atoms. The molecule has 0 saturated carbocycles. The zero-order valence-corrected chi connectivity index (χ0v) is 17.8. The third kappa shape index (κ3) is 4.37. The maximum absolute atomic E-state index is 3.76. The Bertz CT molecular complexity index is 858. The lowest BCUT2D eigenvalue weighted by atomic mass is 9.87. The van der Waals surface area contributed by atoms with E-state index in [4.69, 9.17) is 0 Å². The van der Waals surface area contributed by atoms with Crippen molar-refractivity contribution >= 4 is 11.4 Å². The van der Waals surface area contributed by atoms with Crippen molar-refractivity contribution in [3.8, 4) is 0 Å². The average Bonchev–Trinajstić information content (AvgIpc) is 3.11. The van der Waals surface area contributed by atoms with Gasteiger partial charge in [-0.1, -0.05) is 64.6 Å². The monoisotopic (exact) mass is 359 g/mol. The Kier molecular flexibility index (Phi) is 5.63. The van der Waals surface area contributed by atoms with Gasteiger partial charge in [-0.2, -0.15) is 0 Å².